The number of carbonyl (C=O) groups is 2. The number of primary amides is 1. The van der Waals surface area contributed by atoms with Crippen molar-refractivity contribution >= 4 is 45.8 Å². The topological polar surface area (TPSA) is 130 Å². The summed E-state index contributed by atoms with van der Waals surface area (Å²) in [5.41, 5.74) is 10.6. The van der Waals surface area contributed by atoms with Crippen LogP contribution in [0.15, 0.2) is 47.0 Å². The lowest BCUT2D eigenvalue weighted by molar-refractivity contribution is -0.141. The fourth-order valence-corrected chi connectivity index (χ4v) is 4.93. The van der Waals surface area contributed by atoms with E-state index >= 15 is 0 Å². The van der Waals surface area contributed by atoms with Gasteiger partial charge in [-0.15, -0.1) is 0 Å². The predicted octanol–water partition coefficient (Wildman–Crippen LogP) is 2.39. The minimum atomic E-state index is -0.475. The highest BCUT2D eigenvalue weighted by Gasteiger charge is 2.41. The summed E-state index contributed by atoms with van der Waals surface area (Å²) in [4.78, 5) is 42.0. The Balaban J connectivity index is 1.21. The third-order valence-corrected chi connectivity index (χ3v) is 6.88. The summed E-state index contributed by atoms with van der Waals surface area (Å²) < 4.78 is 5.61. The van der Waals surface area contributed by atoms with Gasteiger partial charge in [-0.3, -0.25) is 14.6 Å². The minimum absolute atomic E-state index is 0.00302. The zero-order chi connectivity index (χ0) is 24.1. The van der Waals surface area contributed by atoms with Crippen molar-refractivity contribution in [1.29, 1.82) is 0 Å². The molecule has 35 heavy (non-hydrogen) atoms. The number of nitrogens with one attached hydrogen (secondary N) is 1. The summed E-state index contributed by atoms with van der Waals surface area (Å²) in [6.45, 7) is 1.70. The lowest BCUT2D eigenvalue weighted by atomic mass is 9.98. The van der Waals surface area contributed by atoms with Crippen molar-refractivity contribution in [2.45, 2.75) is 18.9 Å². The average molecular weight is 472 g/mol. The Hall–Kier alpha value is -4.21. The normalized spacial score (nSPS) is 18.3. The first-order valence-corrected chi connectivity index (χ1v) is 11.7. The van der Waals surface area contributed by atoms with Crippen molar-refractivity contribution in [3.63, 3.8) is 0 Å². The molecular formula is C25H25N7O3. The highest BCUT2D eigenvalue weighted by atomic mass is 16.4. The van der Waals surface area contributed by atoms with E-state index in [1.807, 2.05) is 41.3 Å². The Labute approximate surface area is 201 Å². The van der Waals surface area contributed by atoms with Gasteiger partial charge in [-0.25, -0.2) is 4.98 Å². The highest BCUT2D eigenvalue weighted by molar-refractivity contribution is 5.90. The summed E-state index contributed by atoms with van der Waals surface area (Å²) in [5.74, 6) is 0.157. The van der Waals surface area contributed by atoms with Crippen LogP contribution in [0.2, 0.25) is 0 Å². The number of benzene rings is 2. The number of amides is 2. The minimum Gasteiger partial charge on any atom is -0.424 e. The smallest absolute Gasteiger partial charge is 0.295 e. The number of nitrogens with two attached hydrogens (primary N) is 1. The Kier molecular flexibility index (Phi) is 5.01. The van der Waals surface area contributed by atoms with Gasteiger partial charge in [0.25, 0.3) is 6.01 Å². The van der Waals surface area contributed by atoms with E-state index < -0.39 is 11.9 Å². The molecule has 1 unspecified atom stereocenters. The molecule has 178 valence electrons. The monoisotopic (exact) mass is 471 g/mol. The van der Waals surface area contributed by atoms with Crippen molar-refractivity contribution in [2.75, 3.05) is 36.9 Å². The quantitative estimate of drug-likeness (QED) is 0.454. The van der Waals surface area contributed by atoms with E-state index in [1.54, 1.807) is 18.1 Å². The van der Waals surface area contributed by atoms with Crippen molar-refractivity contribution in [3.8, 4) is 11.1 Å². The first-order chi connectivity index (χ1) is 17.0. The number of anilines is 2. The Morgan fingerprint density at radius 3 is 2.60 bits per heavy atom. The zero-order valence-electron chi connectivity index (χ0n) is 19.3. The van der Waals surface area contributed by atoms with Crippen LogP contribution in [0, 0.1) is 5.92 Å². The lowest BCUT2D eigenvalue weighted by Crippen LogP contribution is -2.57. The van der Waals surface area contributed by atoms with Crippen LogP contribution in [0.25, 0.3) is 33.3 Å². The largest absolute Gasteiger partial charge is 0.424 e. The molecule has 0 spiro atoms. The van der Waals surface area contributed by atoms with Crippen LogP contribution in [0.1, 0.15) is 12.8 Å². The van der Waals surface area contributed by atoms with Gasteiger partial charge in [0.15, 0.2) is 5.58 Å². The van der Waals surface area contributed by atoms with Gasteiger partial charge in [0, 0.05) is 26.7 Å². The van der Waals surface area contributed by atoms with Crippen molar-refractivity contribution in [2.24, 2.45) is 11.7 Å². The number of carbonyl (C=O) groups excluding carboxylic acids is 2. The van der Waals surface area contributed by atoms with Crippen LogP contribution in [0.3, 0.4) is 0 Å². The van der Waals surface area contributed by atoms with Gasteiger partial charge >= 0.3 is 0 Å². The molecule has 2 amide bonds. The zero-order valence-corrected chi connectivity index (χ0v) is 19.3. The van der Waals surface area contributed by atoms with E-state index in [9.17, 15) is 9.59 Å². The maximum Gasteiger partial charge on any atom is 0.295 e. The molecular weight excluding hydrogens is 446 g/mol. The van der Waals surface area contributed by atoms with Gasteiger partial charge in [-0.1, -0.05) is 12.1 Å². The molecule has 2 fully saturated rings. The molecule has 2 aliphatic heterocycles. The molecule has 0 aliphatic carbocycles. The van der Waals surface area contributed by atoms with E-state index in [2.05, 4.69) is 15.3 Å². The summed E-state index contributed by atoms with van der Waals surface area (Å²) >= 11 is 0. The maximum absolute atomic E-state index is 12.9. The molecule has 3 N–H and O–H groups in total. The Morgan fingerprint density at radius 2 is 1.83 bits per heavy atom. The number of nitrogens with zero attached hydrogens (tertiary/aromatic N) is 5. The summed E-state index contributed by atoms with van der Waals surface area (Å²) in [5, 5.41) is 2.92. The third-order valence-electron chi connectivity index (χ3n) is 6.88. The molecule has 1 atom stereocenters. The summed E-state index contributed by atoms with van der Waals surface area (Å²) in [7, 11) is 1.77. The van der Waals surface area contributed by atoms with Gasteiger partial charge in [0.2, 0.25) is 11.8 Å². The highest BCUT2D eigenvalue weighted by Crippen LogP contribution is 2.30. The van der Waals surface area contributed by atoms with Crippen molar-refractivity contribution in [1.82, 2.24) is 19.9 Å². The molecule has 2 aromatic carbocycles. The first-order valence-electron chi connectivity index (χ1n) is 11.7. The van der Waals surface area contributed by atoms with Gasteiger partial charge < -0.3 is 25.3 Å². The fourth-order valence-electron chi connectivity index (χ4n) is 4.93. The number of hydrogen-bond acceptors (Lipinski definition) is 8. The number of rotatable bonds is 5. The van der Waals surface area contributed by atoms with Crippen LogP contribution in [-0.4, -0.2) is 64.4 Å². The molecule has 4 aromatic rings. The van der Waals surface area contributed by atoms with E-state index in [0.29, 0.717) is 32.1 Å². The number of likely N-dealkylation sites (tertiary alicyclic amines) is 1. The lowest BCUT2D eigenvalue weighted by Gasteiger charge is -2.41. The van der Waals surface area contributed by atoms with Crippen LogP contribution >= 0.6 is 0 Å². The molecule has 4 heterocycles. The van der Waals surface area contributed by atoms with Crippen LogP contribution in [0.4, 0.5) is 11.8 Å². The third kappa shape index (κ3) is 3.71. The molecule has 0 radical (unpaired) electrons. The number of fused-ring (bicyclic) bond motifs is 2. The molecule has 0 bridgehead atoms. The van der Waals surface area contributed by atoms with E-state index in [0.717, 1.165) is 45.5 Å². The molecule has 2 aliphatic rings. The molecule has 0 saturated carbocycles. The van der Waals surface area contributed by atoms with Gasteiger partial charge in [0.1, 0.15) is 17.4 Å². The molecule has 6 rings (SSSR count). The number of oxazole rings is 1. The molecule has 10 nitrogen and oxygen atoms in total. The van der Waals surface area contributed by atoms with Crippen LogP contribution in [0.5, 0.6) is 0 Å². The molecule has 2 aromatic heterocycles. The van der Waals surface area contributed by atoms with Crippen LogP contribution < -0.4 is 16.0 Å². The Morgan fingerprint density at radius 1 is 1.06 bits per heavy atom. The van der Waals surface area contributed by atoms with Crippen molar-refractivity contribution in [3.05, 3.63) is 42.6 Å². The van der Waals surface area contributed by atoms with E-state index in [4.69, 9.17) is 15.1 Å². The average Bonchev–Trinajstić information content (AvgIpc) is 3.49. The summed E-state index contributed by atoms with van der Waals surface area (Å²) in [6, 6.07) is 11.9. The second-order valence-electron chi connectivity index (χ2n) is 9.08. The van der Waals surface area contributed by atoms with Gasteiger partial charge in [0.05, 0.1) is 23.1 Å². The summed E-state index contributed by atoms with van der Waals surface area (Å²) in [6.07, 6.45) is 3.20. The fraction of sp³-hybridized carbons (Fsp3) is 0.320. The molecule has 2 saturated heterocycles. The number of hydrogen-bond donors (Lipinski definition) is 2. The second-order valence-corrected chi connectivity index (χ2v) is 9.08. The van der Waals surface area contributed by atoms with Crippen LogP contribution in [-0.2, 0) is 9.59 Å². The second kappa shape index (κ2) is 8.23. The standard InChI is InChI=1S/C25H25N7O3/c1-27-25-30-19-10-15(5-7-21(19)35-25)14-4-6-17-18(9-14)29-22(11-28-17)31-12-16(13-31)24(34)32-8-2-3-20(32)23(26)33/h4-7,9-11,16,20H,2-3,8,12-13H2,1H3,(H2,26,33)(H,27,30). The van der Waals surface area contributed by atoms with Crippen molar-refractivity contribution < 1.29 is 14.0 Å². The SMILES string of the molecule is CNc1nc2cc(-c3ccc4ncc(N5CC(C(=O)N6CCCC6C(N)=O)C5)nc4c3)ccc2o1. The van der Waals surface area contributed by atoms with Gasteiger partial charge in [-0.2, -0.15) is 4.98 Å². The Bertz CT molecular complexity index is 1460. The number of aromatic nitrogens is 3. The van der Waals surface area contributed by atoms with E-state index in [1.165, 1.54) is 0 Å². The molecule has 10 heteroatoms. The van der Waals surface area contributed by atoms with Gasteiger partial charge in [-0.05, 0) is 48.2 Å². The van der Waals surface area contributed by atoms with E-state index in [-0.39, 0.29) is 11.8 Å². The predicted molar refractivity (Wildman–Crippen MR) is 132 cm³/mol. The first kappa shape index (κ1) is 21.3. The maximum atomic E-state index is 12.9.